The number of hydrogen-bond acceptors (Lipinski definition) is 3. The Kier molecular flexibility index (Phi) is 1.80. The molecule has 0 aliphatic carbocycles. The van der Waals surface area contributed by atoms with Crippen LogP contribution in [0.1, 0.15) is 0 Å². The lowest BCUT2D eigenvalue weighted by Gasteiger charge is -2.13. The van der Waals surface area contributed by atoms with Crippen LogP contribution in [0, 0.1) is 0 Å². The number of anilines is 1. The second kappa shape index (κ2) is 2.95. The topological polar surface area (TPSA) is 35.8 Å². The van der Waals surface area contributed by atoms with Crippen LogP contribution in [-0.2, 0) is 0 Å². The third-order valence-corrected chi connectivity index (χ3v) is 1.83. The molecular weight excluding hydrogens is 152 g/mol. The van der Waals surface area contributed by atoms with E-state index in [4.69, 9.17) is 5.11 Å². The zero-order valence-electron chi connectivity index (χ0n) is 6.59. The van der Waals surface area contributed by atoms with Crippen LogP contribution in [0.25, 0.3) is 0 Å². The average Bonchev–Trinajstić information content (AvgIpc) is 2.54. The smallest absolute Gasteiger partial charge is 0.164 e. The van der Waals surface area contributed by atoms with Gasteiger partial charge in [-0.2, -0.15) is 0 Å². The molecule has 0 saturated carbocycles. The van der Waals surface area contributed by atoms with Crippen LogP contribution in [0.5, 0.6) is 0 Å². The molecule has 3 nitrogen and oxygen atoms in total. The van der Waals surface area contributed by atoms with Crippen LogP contribution in [-0.4, -0.2) is 24.2 Å². The molecule has 1 aliphatic rings. The summed E-state index contributed by atoms with van der Waals surface area (Å²) in [5, 5.41) is 9.12. The van der Waals surface area contributed by atoms with E-state index in [9.17, 15) is 0 Å². The van der Waals surface area contributed by atoms with Crippen LogP contribution < -0.4 is 4.90 Å². The molecule has 0 amide bonds. The summed E-state index contributed by atoms with van der Waals surface area (Å²) in [6.07, 6.45) is 1.10. The maximum atomic E-state index is 9.12. The first kappa shape index (κ1) is 7.31. The number of hydrogen-bond donors (Lipinski definition) is 1. The minimum Gasteiger partial charge on any atom is -0.370 e. The first-order valence-corrected chi connectivity index (χ1v) is 3.89. The lowest BCUT2D eigenvalue weighted by Crippen LogP contribution is -2.22. The summed E-state index contributed by atoms with van der Waals surface area (Å²) in [6, 6.07) is 9.88. The first-order valence-electron chi connectivity index (χ1n) is 3.89. The Morgan fingerprint density at radius 1 is 1.33 bits per heavy atom. The molecule has 1 aromatic carbocycles. The third kappa shape index (κ3) is 1.31. The van der Waals surface area contributed by atoms with Gasteiger partial charge in [-0.05, 0) is 12.1 Å². The molecule has 3 heteroatoms. The van der Waals surface area contributed by atoms with Crippen molar-refractivity contribution in [2.75, 3.05) is 11.4 Å². The fraction of sp³-hybridized carbons (Fsp3) is 0.222. The molecule has 2 rings (SSSR count). The van der Waals surface area contributed by atoms with Gasteiger partial charge in [-0.25, -0.2) is 4.99 Å². The molecule has 1 N–H and O–H groups in total. The Balaban J connectivity index is 2.18. The number of benzene rings is 1. The number of para-hydroxylation sites is 1. The quantitative estimate of drug-likeness (QED) is 0.664. The van der Waals surface area contributed by atoms with E-state index in [1.807, 2.05) is 35.2 Å². The number of aliphatic hydroxyl groups is 1. The number of aliphatic imine (C=N–C) groups is 1. The lowest BCUT2D eigenvalue weighted by molar-refractivity contribution is 0.202. The Labute approximate surface area is 71.0 Å². The van der Waals surface area contributed by atoms with Crippen molar-refractivity contribution in [1.29, 1.82) is 0 Å². The Morgan fingerprint density at radius 2 is 2.08 bits per heavy atom. The molecule has 1 aliphatic heterocycles. The number of β-amino-alcohol motifs (C(OH)–C–C–N with tert-alkyl or cyclic N) is 1. The number of rotatable bonds is 1. The predicted molar refractivity (Wildman–Crippen MR) is 48.3 cm³/mol. The van der Waals surface area contributed by atoms with Crippen molar-refractivity contribution in [3.63, 3.8) is 0 Å². The zero-order valence-corrected chi connectivity index (χ0v) is 6.59. The highest BCUT2D eigenvalue weighted by Crippen LogP contribution is 2.14. The van der Waals surface area contributed by atoms with Gasteiger partial charge < -0.3 is 10.0 Å². The van der Waals surface area contributed by atoms with Crippen molar-refractivity contribution in [2.45, 2.75) is 6.23 Å². The maximum Gasteiger partial charge on any atom is 0.164 e. The van der Waals surface area contributed by atoms with E-state index in [1.54, 1.807) is 6.34 Å². The Morgan fingerprint density at radius 3 is 2.67 bits per heavy atom. The fourth-order valence-corrected chi connectivity index (χ4v) is 1.22. The standard InChI is InChI=1S/C9H10N2O/c12-9-6-11(7-10-9)8-4-2-1-3-5-8/h1-5,7,9,12H,6H2. The van der Waals surface area contributed by atoms with Gasteiger partial charge in [0.1, 0.15) is 0 Å². The van der Waals surface area contributed by atoms with Crippen molar-refractivity contribution in [2.24, 2.45) is 4.99 Å². The van der Waals surface area contributed by atoms with E-state index >= 15 is 0 Å². The van der Waals surface area contributed by atoms with E-state index < -0.39 is 6.23 Å². The van der Waals surface area contributed by atoms with Crippen molar-refractivity contribution < 1.29 is 5.11 Å². The minimum absolute atomic E-state index is 0.560. The zero-order chi connectivity index (χ0) is 8.39. The van der Waals surface area contributed by atoms with Crippen LogP contribution in [0.3, 0.4) is 0 Å². The molecule has 1 unspecified atom stereocenters. The summed E-state index contributed by atoms with van der Waals surface area (Å²) in [5.41, 5.74) is 1.07. The molecule has 0 fully saturated rings. The summed E-state index contributed by atoms with van der Waals surface area (Å²) in [7, 11) is 0. The molecule has 1 heterocycles. The van der Waals surface area contributed by atoms with E-state index in [-0.39, 0.29) is 0 Å². The Hall–Kier alpha value is -1.35. The summed E-state index contributed by atoms with van der Waals surface area (Å²) in [6.45, 7) is 0.560. The van der Waals surface area contributed by atoms with E-state index in [1.165, 1.54) is 0 Å². The highest BCUT2D eigenvalue weighted by molar-refractivity contribution is 5.80. The van der Waals surface area contributed by atoms with Crippen LogP contribution >= 0.6 is 0 Å². The largest absolute Gasteiger partial charge is 0.370 e. The first-order chi connectivity index (χ1) is 5.86. The maximum absolute atomic E-state index is 9.12. The van der Waals surface area contributed by atoms with Crippen molar-refractivity contribution in [1.82, 2.24) is 0 Å². The van der Waals surface area contributed by atoms with Crippen molar-refractivity contribution in [3.05, 3.63) is 30.3 Å². The van der Waals surface area contributed by atoms with Crippen molar-refractivity contribution in [3.8, 4) is 0 Å². The molecule has 62 valence electrons. The van der Waals surface area contributed by atoms with Gasteiger partial charge >= 0.3 is 0 Å². The van der Waals surface area contributed by atoms with E-state index in [0.717, 1.165) is 5.69 Å². The Bertz CT molecular complexity index is 284. The van der Waals surface area contributed by atoms with Crippen LogP contribution in [0.15, 0.2) is 35.3 Å². The second-order valence-electron chi connectivity index (χ2n) is 2.73. The van der Waals surface area contributed by atoms with Crippen LogP contribution in [0.2, 0.25) is 0 Å². The molecule has 0 aromatic heterocycles. The van der Waals surface area contributed by atoms with Gasteiger partial charge in [0.15, 0.2) is 6.23 Å². The fourth-order valence-electron chi connectivity index (χ4n) is 1.22. The van der Waals surface area contributed by atoms with Gasteiger partial charge in [0, 0.05) is 5.69 Å². The molecular formula is C9H10N2O. The SMILES string of the molecule is OC1CN(c2ccccc2)C=N1. The molecule has 0 saturated heterocycles. The number of aliphatic hydroxyl groups excluding tert-OH is 1. The normalized spacial score (nSPS) is 21.8. The van der Waals surface area contributed by atoms with Gasteiger partial charge in [0.2, 0.25) is 0 Å². The van der Waals surface area contributed by atoms with Gasteiger partial charge in [-0.1, -0.05) is 18.2 Å². The molecule has 12 heavy (non-hydrogen) atoms. The van der Waals surface area contributed by atoms with E-state index in [2.05, 4.69) is 4.99 Å². The van der Waals surface area contributed by atoms with Gasteiger partial charge in [0.05, 0.1) is 12.9 Å². The van der Waals surface area contributed by atoms with Crippen LogP contribution in [0.4, 0.5) is 5.69 Å². The number of nitrogens with zero attached hydrogens (tertiary/aromatic N) is 2. The van der Waals surface area contributed by atoms with Gasteiger partial charge in [-0.15, -0.1) is 0 Å². The highest BCUT2D eigenvalue weighted by atomic mass is 16.3. The molecule has 0 bridgehead atoms. The van der Waals surface area contributed by atoms with Gasteiger partial charge in [0.25, 0.3) is 0 Å². The minimum atomic E-state index is -0.565. The summed E-state index contributed by atoms with van der Waals surface area (Å²) in [5.74, 6) is 0. The monoisotopic (exact) mass is 162 g/mol. The predicted octanol–water partition coefficient (Wildman–Crippen LogP) is 0.853. The summed E-state index contributed by atoms with van der Waals surface area (Å²) in [4.78, 5) is 5.77. The molecule has 1 aromatic rings. The third-order valence-electron chi connectivity index (χ3n) is 1.83. The summed E-state index contributed by atoms with van der Waals surface area (Å²) < 4.78 is 0. The summed E-state index contributed by atoms with van der Waals surface area (Å²) >= 11 is 0. The van der Waals surface area contributed by atoms with E-state index in [0.29, 0.717) is 6.54 Å². The van der Waals surface area contributed by atoms with Gasteiger partial charge in [-0.3, -0.25) is 0 Å². The molecule has 0 radical (unpaired) electrons. The average molecular weight is 162 g/mol. The molecule has 0 spiro atoms. The lowest BCUT2D eigenvalue weighted by atomic mass is 10.3. The highest BCUT2D eigenvalue weighted by Gasteiger charge is 2.14. The second-order valence-corrected chi connectivity index (χ2v) is 2.73. The molecule has 1 atom stereocenters. The van der Waals surface area contributed by atoms with Crippen molar-refractivity contribution >= 4 is 12.0 Å².